The summed E-state index contributed by atoms with van der Waals surface area (Å²) in [5, 5.41) is 1.83. The third-order valence-electron chi connectivity index (χ3n) is 5.47. The highest BCUT2D eigenvalue weighted by molar-refractivity contribution is 9.10. The predicted octanol–water partition coefficient (Wildman–Crippen LogP) is 8.63. The van der Waals surface area contributed by atoms with E-state index in [2.05, 4.69) is 25.9 Å². The number of pyridine rings is 2. The molecule has 0 saturated carbocycles. The molecule has 0 aliphatic heterocycles. The molecule has 2 heterocycles. The Kier molecular flexibility index (Phi) is 7.48. The Morgan fingerprint density at radius 2 is 1.11 bits per heavy atom. The number of nitrogens with zero attached hydrogens (tertiary/aromatic N) is 2. The van der Waals surface area contributed by atoms with Crippen LogP contribution in [-0.4, -0.2) is 16.3 Å². The molecular formula is C31H21BrN2O3. The van der Waals surface area contributed by atoms with Crippen LogP contribution in [0.1, 0.15) is 10.4 Å². The summed E-state index contributed by atoms with van der Waals surface area (Å²) in [5.41, 5.74) is 2.34. The zero-order valence-corrected chi connectivity index (χ0v) is 21.2. The first-order chi connectivity index (χ1) is 18.2. The van der Waals surface area contributed by atoms with Crippen molar-refractivity contribution in [3.05, 3.63) is 132 Å². The number of benzene rings is 4. The molecule has 6 aromatic rings. The Labute approximate surface area is 222 Å². The number of carbonyl (C=O) groups excluding carboxylic acids is 1. The lowest BCUT2D eigenvalue weighted by atomic mass is 10.1. The number of hydrogen-bond donors (Lipinski definition) is 0. The first-order valence-electron chi connectivity index (χ1n) is 11.5. The summed E-state index contributed by atoms with van der Waals surface area (Å²) in [6, 6.07) is 34.2. The quantitative estimate of drug-likeness (QED) is 0.202. The van der Waals surface area contributed by atoms with Crippen LogP contribution in [0.15, 0.2) is 126 Å². The Bertz CT molecular complexity index is 1660. The molecule has 37 heavy (non-hydrogen) atoms. The van der Waals surface area contributed by atoms with Gasteiger partial charge in [-0.25, -0.2) is 0 Å². The van der Waals surface area contributed by atoms with E-state index in [9.17, 15) is 4.79 Å². The van der Waals surface area contributed by atoms with Gasteiger partial charge >= 0.3 is 0 Å². The molecule has 180 valence electrons. The number of fused-ring (bicyclic) bond motifs is 2. The largest absolute Gasteiger partial charge is 0.457 e. The molecule has 4 aromatic carbocycles. The molecule has 6 rings (SSSR count). The van der Waals surface area contributed by atoms with E-state index in [1.807, 2.05) is 91.0 Å². The molecule has 6 heteroatoms. The van der Waals surface area contributed by atoms with Gasteiger partial charge in [0.15, 0.2) is 0 Å². The molecule has 5 nitrogen and oxygen atoms in total. The Morgan fingerprint density at radius 1 is 0.595 bits per heavy atom. The SMILES string of the molecule is Brc1ccc2nccc(Oc3ccccc3)c2c1.O=Cc1ccc2nccc(Oc3ccccc3)c2c1. The summed E-state index contributed by atoms with van der Waals surface area (Å²) >= 11 is 3.47. The first-order valence-corrected chi connectivity index (χ1v) is 12.3. The summed E-state index contributed by atoms with van der Waals surface area (Å²) in [7, 11) is 0. The molecule has 0 spiro atoms. The Hall–Kier alpha value is -4.55. The van der Waals surface area contributed by atoms with Crippen molar-refractivity contribution in [3.8, 4) is 23.0 Å². The minimum absolute atomic E-state index is 0.610. The second-order valence-corrected chi connectivity index (χ2v) is 8.92. The van der Waals surface area contributed by atoms with Gasteiger partial charge in [0.2, 0.25) is 0 Å². The molecule has 0 bridgehead atoms. The normalized spacial score (nSPS) is 10.4. The molecule has 0 radical (unpaired) electrons. The number of carbonyl (C=O) groups is 1. The fourth-order valence-corrected chi connectivity index (χ4v) is 4.08. The summed E-state index contributed by atoms with van der Waals surface area (Å²) in [4.78, 5) is 19.4. The lowest BCUT2D eigenvalue weighted by Gasteiger charge is -2.08. The van der Waals surface area contributed by atoms with Crippen LogP contribution in [0, 0.1) is 0 Å². The maximum atomic E-state index is 10.9. The van der Waals surface area contributed by atoms with Crippen LogP contribution >= 0.6 is 15.9 Å². The predicted molar refractivity (Wildman–Crippen MR) is 150 cm³/mol. The van der Waals surface area contributed by atoms with Gasteiger partial charge in [0.1, 0.15) is 29.3 Å². The number of aromatic nitrogens is 2. The average Bonchev–Trinajstić information content (AvgIpc) is 2.95. The molecule has 0 saturated heterocycles. The number of para-hydroxylation sites is 2. The number of hydrogen-bond acceptors (Lipinski definition) is 5. The summed E-state index contributed by atoms with van der Waals surface area (Å²) in [6.45, 7) is 0. The molecule has 0 atom stereocenters. The summed E-state index contributed by atoms with van der Waals surface area (Å²) in [6.07, 6.45) is 4.27. The van der Waals surface area contributed by atoms with E-state index < -0.39 is 0 Å². The molecule has 0 N–H and O–H groups in total. The van der Waals surface area contributed by atoms with Gasteiger partial charge in [-0.1, -0.05) is 52.3 Å². The van der Waals surface area contributed by atoms with Crippen molar-refractivity contribution in [1.82, 2.24) is 9.97 Å². The van der Waals surface area contributed by atoms with Crippen LogP contribution in [0.4, 0.5) is 0 Å². The molecule has 0 unspecified atom stereocenters. The van der Waals surface area contributed by atoms with Crippen molar-refractivity contribution in [2.24, 2.45) is 0 Å². The zero-order chi connectivity index (χ0) is 25.5. The van der Waals surface area contributed by atoms with Gasteiger partial charge in [-0.2, -0.15) is 0 Å². The van der Waals surface area contributed by atoms with Crippen molar-refractivity contribution >= 4 is 44.0 Å². The maximum absolute atomic E-state index is 10.9. The molecule has 0 amide bonds. The van der Waals surface area contributed by atoms with Crippen molar-refractivity contribution in [2.45, 2.75) is 0 Å². The third kappa shape index (κ3) is 6.00. The Morgan fingerprint density at radius 3 is 1.65 bits per heavy atom. The second kappa shape index (κ2) is 11.5. The van der Waals surface area contributed by atoms with Crippen molar-refractivity contribution in [3.63, 3.8) is 0 Å². The van der Waals surface area contributed by atoms with Gasteiger partial charge in [-0.05, 0) is 72.8 Å². The van der Waals surface area contributed by atoms with Crippen LogP contribution < -0.4 is 9.47 Å². The van der Waals surface area contributed by atoms with E-state index in [1.165, 1.54) is 0 Å². The lowest BCUT2D eigenvalue weighted by Crippen LogP contribution is -1.89. The molecule has 2 aromatic heterocycles. The maximum Gasteiger partial charge on any atom is 0.150 e. The van der Waals surface area contributed by atoms with Crippen molar-refractivity contribution in [1.29, 1.82) is 0 Å². The molecule has 0 aliphatic rings. The highest BCUT2D eigenvalue weighted by Gasteiger charge is 2.06. The molecule has 0 fully saturated rings. The van der Waals surface area contributed by atoms with Crippen LogP contribution in [0.25, 0.3) is 21.8 Å². The molecule has 0 aliphatic carbocycles. The second-order valence-electron chi connectivity index (χ2n) is 8.00. The van der Waals surface area contributed by atoms with Crippen molar-refractivity contribution in [2.75, 3.05) is 0 Å². The number of halogens is 1. The average molecular weight is 549 g/mol. The summed E-state index contributed by atoms with van der Waals surface area (Å²) < 4.78 is 12.7. The first kappa shape index (κ1) is 24.2. The highest BCUT2D eigenvalue weighted by Crippen LogP contribution is 2.31. The Balaban J connectivity index is 0.000000152. The number of rotatable bonds is 5. The highest BCUT2D eigenvalue weighted by atomic mass is 79.9. The standard InChI is InChI=1S/C16H11NO2.C15H10BrNO/c18-11-12-6-7-15-14(10-12)16(8-9-17-15)19-13-4-2-1-3-5-13;16-11-6-7-14-13(10-11)15(8-9-17-14)18-12-4-2-1-3-5-12/h1-11H;1-10H. The fraction of sp³-hybridized carbons (Fsp3) is 0. The van der Waals surface area contributed by atoms with Gasteiger partial charge in [0.05, 0.1) is 11.0 Å². The minimum atomic E-state index is 0.610. The zero-order valence-electron chi connectivity index (χ0n) is 19.6. The van der Waals surface area contributed by atoms with Crippen molar-refractivity contribution < 1.29 is 14.3 Å². The van der Waals surface area contributed by atoms with Gasteiger partial charge in [0.25, 0.3) is 0 Å². The van der Waals surface area contributed by atoms with E-state index in [-0.39, 0.29) is 0 Å². The van der Waals surface area contributed by atoms with Crippen LogP contribution in [0.2, 0.25) is 0 Å². The van der Waals surface area contributed by atoms with Gasteiger partial charge < -0.3 is 9.47 Å². The third-order valence-corrected chi connectivity index (χ3v) is 5.96. The van der Waals surface area contributed by atoms with E-state index >= 15 is 0 Å². The van der Waals surface area contributed by atoms with E-state index in [4.69, 9.17) is 9.47 Å². The van der Waals surface area contributed by atoms with Crippen LogP contribution in [0.3, 0.4) is 0 Å². The van der Waals surface area contributed by atoms with Crippen LogP contribution in [-0.2, 0) is 0 Å². The summed E-state index contributed by atoms with van der Waals surface area (Å²) in [5.74, 6) is 3.09. The van der Waals surface area contributed by atoms with Crippen LogP contribution in [0.5, 0.6) is 23.0 Å². The fourth-order valence-electron chi connectivity index (χ4n) is 3.71. The lowest BCUT2D eigenvalue weighted by molar-refractivity contribution is 0.112. The van der Waals surface area contributed by atoms with E-state index in [1.54, 1.807) is 30.6 Å². The van der Waals surface area contributed by atoms with E-state index in [0.29, 0.717) is 11.3 Å². The topological polar surface area (TPSA) is 61.3 Å². The van der Waals surface area contributed by atoms with Gasteiger partial charge in [-0.3, -0.25) is 14.8 Å². The smallest absolute Gasteiger partial charge is 0.150 e. The number of ether oxygens (including phenoxy) is 2. The monoisotopic (exact) mass is 548 g/mol. The van der Waals surface area contributed by atoms with E-state index in [0.717, 1.165) is 49.8 Å². The number of aldehydes is 1. The van der Waals surface area contributed by atoms with Gasteiger partial charge in [-0.15, -0.1) is 0 Å². The minimum Gasteiger partial charge on any atom is -0.457 e. The molecular weight excluding hydrogens is 528 g/mol. The van der Waals surface area contributed by atoms with Gasteiger partial charge in [0, 0.05) is 33.2 Å².